The zero-order valence-corrected chi connectivity index (χ0v) is 21.0. The summed E-state index contributed by atoms with van der Waals surface area (Å²) in [6, 6.07) is 6.69. The minimum absolute atomic E-state index is 0.0933. The quantitative estimate of drug-likeness (QED) is 0.618. The Bertz CT molecular complexity index is 1160. The molecule has 3 heterocycles. The third-order valence-electron chi connectivity index (χ3n) is 6.77. The Kier molecular flexibility index (Phi) is 6.69. The number of amides is 4. The van der Waals surface area contributed by atoms with Gasteiger partial charge in [0.1, 0.15) is 11.6 Å². The number of urea groups is 1. The number of anilines is 1. The fraction of sp³-hybridized carbons (Fsp3) is 0.462. The SMILES string of the molecule is CCOc1cc(C(=O)N2CCN(c3ncc(C)cc3C)CC2)ccc1C1(C(C)C)NC(=O)NC1=O. The smallest absolute Gasteiger partial charge is 0.322 e. The summed E-state index contributed by atoms with van der Waals surface area (Å²) in [6.07, 6.45) is 1.87. The number of rotatable bonds is 6. The molecule has 1 unspecified atom stereocenters. The van der Waals surface area contributed by atoms with Gasteiger partial charge in [0.15, 0.2) is 5.54 Å². The molecule has 4 rings (SSSR count). The van der Waals surface area contributed by atoms with E-state index in [1.807, 2.05) is 38.8 Å². The van der Waals surface area contributed by atoms with Crippen molar-refractivity contribution in [2.75, 3.05) is 37.7 Å². The number of benzene rings is 1. The van der Waals surface area contributed by atoms with Gasteiger partial charge in [-0.3, -0.25) is 14.9 Å². The van der Waals surface area contributed by atoms with E-state index in [4.69, 9.17) is 4.74 Å². The second-order valence-corrected chi connectivity index (χ2v) is 9.45. The Morgan fingerprint density at radius 1 is 1.14 bits per heavy atom. The van der Waals surface area contributed by atoms with Gasteiger partial charge in [-0.15, -0.1) is 0 Å². The van der Waals surface area contributed by atoms with Gasteiger partial charge < -0.3 is 19.9 Å². The van der Waals surface area contributed by atoms with Gasteiger partial charge in [0.05, 0.1) is 6.61 Å². The Morgan fingerprint density at radius 2 is 1.86 bits per heavy atom. The zero-order valence-electron chi connectivity index (χ0n) is 21.0. The highest BCUT2D eigenvalue weighted by Gasteiger charge is 2.51. The van der Waals surface area contributed by atoms with E-state index in [0.29, 0.717) is 49.7 Å². The van der Waals surface area contributed by atoms with Gasteiger partial charge in [-0.05, 0) is 49.9 Å². The maximum atomic E-state index is 13.4. The highest BCUT2D eigenvalue weighted by molar-refractivity contribution is 6.08. The normalized spacial score (nSPS) is 20.2. The molecule has 186 valence electrons. The van der Waals surface area contributed by atoms with Crippen LogP contribution in [0.5, 0.6) is 5.75 Å². The average Bonchev–Trinajstić information content (AvgIpc) is 3.13. The lowest BCUT2D eigenvalue weighted by Gasteiger charge is -2.36. The first-order valence-corrected chi connectivity index (χ1v) is 12.1. The number of hydrogen-bond donors (Lipinski definition) is 2. The van der Waals surface area contributed by atoms with Crippen LogP contribution in [0.2, 0.25) is 0 Å². The van der Waals surface area contributed by atoms with Crippen molar-refractivity contribution in [2.45, 2.75) is 40.2 Å². The molecule has 9 nitrogen and oxygen atoms in total. The van der Waals surface area contributed by atoms with Crippen molar-refractivity contribution >= 4 is 23.7 Å². The van der Waals surface area contributed by atoms with Crippen LogP contribution >= 0.6 is 0 Å². The highest BCUT2D eigenvalue weighted by atomic mass is 16.5. The molecular weight excluding hydrogens is 446 g/mol. The summed E-state index contributed by atoms with van der Waals surface area (Å²) >= 11 is 0. The maximum absolute atomic E-state index is 13.4. The molecule has 9 heteroatoms. The third-order valence-corrected chi connectivity index (χ3v) is 6.77. The number of nitrogens with zero attached hydrogens (tertiary/aromatic N) is 3. The Labute approximate surface area is 205 Å². The van der Waals surface area contributed by atoms with Crippen molar-refractivity contribution in [3.05, 3.63) is 52.7 Å². The largest absolute Gasteiger partial charge is 0.493 e. The van der Waals surface area contributed by atoms with Gasteiger partial charge in [0.25, 0.3) is 11.8 Å². The first kappa shape index (κ1) is 24.5. The lowest BCUT2D eigenvalue weighted by molar-refractivity contribution is -0.125. The molecule has 0 radical (unpaired) electrons. The summed E-state index contributed by atoms with van der Waals surface area (Å²) < 4.78 is 5.87. The summed E-state index contributed by atoms with van der Waals surface area (Å²) in [4.78, 5) is 46.8. The molecule has 2 aliphatic heterocycles. The number of nitrogens with one attached hydrogen (secondary N) is 2. The molecule has 2 fully saturated rings. The minimum Gasteiger partial charge on any atom is -0.493 e. The van der Waals surface area contributed by atoms with Gasteiger partial charge in [-0.2, -0.15) is 0 Å². The van der Waals surface area contributed by atoms with E-state index >= 15 is 0 Å². The molecule has 2 saturated heterocycles. The van der Waals surface area contributed by atoms with Crippen molar-refractivity contribution in [3.63, 3.8) is 0 Å². The fourth-order valence-electron chi connectivity index (χ4n) is 4.98. The van der Waals surface area contributed by atoms with E-state index < -0.39 is 17.5 Å². The molecule has 1 aromatic heterocycles. The topological polar surface area (TPSA) is 104 Å². The molecule has 2 N–H and O–H groups in total. The van der Waals surface area contributed by atoms with Crippen molar-refractivity contribution in [1.82, 2.24) is 20.5 Å². The average molecular weight is 480 g/mol. The predicted molar refractivity (Wildman–Crippen MR) is 133 cm³/mol. The second kappa shape index (κ2) is 9.56. The molecule has 0 spiro atoms. The van der Waals surface area contributed by atoms with Crippen LogP contribution in [0, 0.1) is 19.8 Å². The highest BCUT2D eigenvalue weighted by Crippen LogP contribution is 2.39. The minimum atomic E-state index is -1.26. The molecule has 0 saturated carbocycles. The molecule has 1 atom stereocenters. The van der Waals surface area contributed by atoms with Crippen molar-refractivity contribution in [2.24, 2.45) is 5.92 Å². The summed E-state index contributed by atoms with van der Waals surface area (Å²) in [5.41, 5.74) is 2.03. The van der Waals surface area contributed by atoms with E-state index in [9.17, 15) is 14.4 Å². The first-order valence-electron chi connectivity index (χ1n) is 12.1. The molecule has 0 bridgehead atoms. The number of pyridine rings is 1. The monoisotopic (exact) mass is 479 g/mol. The van der Waals surface area contributed by atoms with E-state index in [1.165, 1.54) is 0 Å². The van der Waals surface area contributed by atoms with Crippen molar-refractivity contribution in [3.8, 4) is 5.75 Å². The van der Waals surface area contributed by atoms with Gasteiger partial charge in [-0.1, -0.05) is 26.0 Å². The van der Waals surface area contributed by atoms with Crippen LogP contribution in [0.25, 0.3) is 0 Å². The summed E-state index contributed by atoms with van der Waals surface area (Å²) in [6.45, 7) is 12.6. The van der Waals surface area contributed by atoms with Crippen molar-refractivity contribution < 1.29 is 19.1 Å². The molecule has 0 aliphatic carbocycles. The standard InChI is InChI=1S/C26H33N5O4/c1-6-35-21-14-19(7-8-20(21)26(16(2)3)24(33)28-25(34)29-26)23(32)31-11-9-30(10-12-31)22-18(5)13-17(4)15-27-22/h7-8,13-16H,6,9-12H2,1-5H3,(H2,28,29,33,34). The van der Waals surface area contributed by atoms with Crippen LogP contribution in [0.3, 0.4) is 0 Å². The molecule has 2 aromatic rings. The maximum Gasteiger partial charge on any atom is 0.322 e. The third kappa shape index (κ3) is 4.42. The van der Waals surface area contributed by atoms with E-state index in [0.717, 1.165) is 16.9 Å². The van der Waals surface area contributed by atoms with Gasteiger partial charge in [0.2, 0.25) is 0 Å². The number of piperazine rings is 1. The number of carbonyl (C=O) groups is 3. The van der Waals surface area contributed by atoms with Gasteiger partial charge in [-0.25, -0.2) is 9.78 Å². The van der Waals surface area contributed by atoms with Gasteiger partial charge in [0, 0.05) is 43.5 Å². The molecule has 35 heavy (non-hydrogen) atoms. The van der Waals surface area contributed by atoms with E-state index in [-0.39, 0.29) is 11.8 Å². The van der Waals surface area contributed by atoms with Crippen LogP contribution in [-0.4, -0.2) is 60.5 Å². The van der Waals surface area contributed by atoms with Crippen LogP contribution < -0.4 is 20.3 Å². The summed E-state index contributed by atoms with van der Waals surface area (Å²) in [5, 5.41) is 5.13. The number of ether oxygens (including phenoxy) is 1. The number of carbonyl (C=O) groups excluding carboxylic acids is 3. The summed E-state index contributed by atoms with van der Waals surface area (Å²) in [5.74, 6) is 0.628. The number of aromatic nitrogens is 1. The van der Waals surface area contributed by atoms with Gasteiger partial charge >= 0.3 is 6.03 Å². The van der Waals surface area contributed by atoms with Crippen LogP contribution in [0.1, 0.15) is 47.8 Å². The van der Waals surface area contributed by atoms with Crippen LogP contribution in [0.15, 0.2) is 30.5 Å². The Morgan fingerprint density at radius 3 is 2.43 bits per heavy atom. The second-order valence-electron chi connectivity index (χ2n) is 9.45. The molecular formula is C26H33N5O4. The van der Waals surface area contributed by atoms with E-state index in [1.54, 1.807) is 18.2 Å². The number of aryl methyl sites for hydroxylation is 2. The number of imide groups is 1. The lowest BCUT2D eigenvalue weighted by atomic mass is 9.79. The van der Waals surface area contributed by atoms with Crippen molar-refractivity contribution in [1.29, 1.82) is 0 Å². The Balaban J connectivity index is 1.56. The zero-order chi connectivity index (χ0) is 25.3. The fourth-order valence-corrected chi connectivity index (χ4v) is 4.98. The summed E-state index contributed by atoms with van der Waals surface area (Å²) in [7, 11) is 0. The van der Waals surface area contributed by atoms with E-state index in [2.05, 4.69) is 33.5 Å². The molecule has 1 aromatic carbocycles. The van der Waals surface area contributed by atoms with Crippen LogP contribution in [0.4, 0.5) is 10.6 Å². The predicted octanol–water partition coefficient (Wildman–Crippen LogP) is 2.75. The van der Waals surface area contributed by atoms with Crippen LogP contribution in [-0.2, 0) is 10.3 Å². The lowest BCUT2D eigenvalue weighted by Crippen LogP contribution is -2.49. The first-order chi connectivity index (χ1) is 16.7. The Hall–Kier alpha value is -3.62. The molecule has 2 aliphatic rings. The number of hydrogen-bond acceptors (Lipinski definition) is 6. The molecule has 4 amide bonds.